The van der Waals surface area contributed by atoms with Crippen LogP contribution < -0.4 is 5.32 Å². The number of thiazole rings is 1. The Balaban J connectivity index is 1.62. The van der Waals surface area contributed by atoms with E-state index in [9.17, 15) is 0 Å². The molecule has 3 nitrogen and oxygen atoms in total. The third-order valence-electron chi connectivity index (χ3n) is 5.14. The number of nitrogens with one attached hydrogen (secondary N) is 1. The van der Waals surface area contributed by atoms with Crippen molar-refractivity contribution >= 4 is 11.3 Å². The van der Waals surface area contributed by atoms with Crippen LogP contribution in [-0.2, 0) is 6.54 Å². The lowest BCUT2D eigenvalue weighted by Crippen LogP contribution is -2.57. The summed E-state index contributed by atoms with van der Waals surface area (Å²) in [4.78, 5) is 8.50. The fourth-order valence-electron chi connectivity index (χ4n) is 3.68. The summed E-state index contributed by atoms with van der Waals surface area (Å²) >= 11 is 1.81. The maximum atomic E-state index is 4.39. The maximum Gasteiger partial charge on any atom is 0.0798 e. The van der Waals surface area contributed by atoms with Gasteiger partial charge in [0.15, 0.2) is 0 Å². The second-order valence-corrected chi connectivity index (χ2v) is 7.49. The molecule has 4 heteroatoms. The van der Waals surface area contributed by atoms with E-state index in [0.717, 1.165) is 19.0 Å². The summed E-state index contributed by atoms with van der Waals surface area (Å²) in [5, 5.41) is 3.81. The zero-order valence-corrected chi connectivity index (χ0v) is 13.6. The van der Waals surface area contributed by atoms with Gasteiger partial charge in [0, 0.05) is 36.6 Å². The van der Waals surface area contributed by atoms with Gasteiger partial charge in [-0.1, -0.05) is 19.3 Å². The predicted octanol–water partition coefficient (Wildman–Crippen LogP) is 3.19. The average Bonchev–Trinajstić information content (AvgIpc) is 2.88. The zero-order valence-electron chi connectivity index (χ0n) is 12.8. The van der Waals surface area contributed by atoms with Crippen LogP contribution in [0.25, 0.3) is 0 Å². The molecule has 1 aliphatic carbocycles. The normalized spacial score (nSPS) is 29.7. The molecule has 2 unspecified atom stereocenters. The van der Waals surface area contributed by atoms with E-state index < -0.39 is 0 Å². The molecule has 1 aromatic heterocycles. The molecule has 0 radical (unpaired) electrons. The molecule has 112 valence electrons. The predicted molar refractivity (Wildman–Crippen MR) is 85.1 cm³/mol. The first kappa shape index (κ1) is 14.5. The molecule has 3 rings (SSSR count). The summed E-state index contributed by atoms with van der Waals surface area (Å²) in [6, 6.07) is 1.34. The van der Waals surface area contributed by atoms with E-state index in [1.54, 1.807) is 0 Å². The second kappa shape index (κ2) is 6.54. The Kier molecular flexibility index (Phi) is 4.74. The van der Waals surface area contributed by atoms with Gasteiger partial charge in [0.2, 0.25) is 0 Å². The molecular weight excluding hydrogens is 266 g/mol. The lowest BCUT2D eigenvalue weighted by Gasteiger charge is -2.42. The molecular formula is C16H27N3S. The van der Waals surface area contributed by atoms with Gasteiger partial charge in [-0.15, -0.1) is 11.3 Å². The summed E-state index contributed by atoms with van der Waals surface area (Å²) in [6.45, 7) is 7.92. The summed E-state index contributed by atoms with van der Waals surface area (Å²) in [6.07, 6.45) is 7.18. The van der Waals surface area contributed by atoms with Crippen LogP contribution in [0.3, 0.4) is 0 Å². The van der Waals surface area contributed by atoms with Crippen LogP contribution in [0.5, 0.6) is 0 Å². The molecule has 2 atom stereocenters. The van der Waals surface area contributed by atoms with E-state index in [2.05, 4.69) is 29.0 Å². The van der Waals surface area contributed by atoms with Crippen molar-refractivity contribution in [1.29, 1.82) is 0 Å². The largest absolute Gasteiger partial charge is 0.311 e. The van der Waals surface area contributed by atoms with Gasteiger partial charge < -0.3 is 5.32 Å². The van der Waals surface area contributed by atoms with Gasteiger partial charge >= 0.3 is 0 Å². The minimum atomic E-state index is 0.636. The average molecular weight is 293 g/mol. The monoisotopic (exact) mass is 293 g/mol. The lowest BCUT2D eigenvalue weighted by molar-refractivity contribution is 0.0988. The topological polar surface area (TPSA) is 28.2 Å². The number of aryl methyl sites for hydroxylation is 1. The molecule has 0 amide bonds. The Labute approximate surface area is 126 Å². The fourth-order valence-corrected chi connectivity index (χ4v) is 4.48. The Morgan fingerprint density at radius 1 is 1.35 bits per heavy atom. The Morgan fingerprint density at radius 2 is 2.15 bits per heavy atom. The third kappa shape index (κ3) is 3.23. The highest BCUT2D eigenvalue weighted by molar-refractivity contribution is 7.09. The Bertz CT molecular complexity index is 425. The van der Waals surface area contributed by atoms with Gasteiger partial charge in [0.1, 0.15) is 0 Å². The fraction of sp³-hybridized carbons (Fsp3) is 0.812. The van der Waals surface area contributed by atoms with Gasteiger partial charge in [0.05, 0.1) is 11.2 Å². The number of hydrogen-bond acceptors (Lipinski definition) is 4. The van der Waals surface area contributed by atoms with Crippen LogP contribution >= 0.6 is 11.3 Å². The van der Waals surface area contributed by atoms with Crippen molar-refractivity contribution in [3.63, 3.8) is 0 Å². The SMILES string of the molecule is Cc1ncsc1CN1CC(C2CCCCC2)NCC1C. The van der Waals surface area contributed by atoms with Crippen LogP contribution in [0.4, 0.5) is 0 Å². The van der Waals surface area contributed by atoms with E-state index in [4.69, 9.17) is 0 Å². The van der Waals surface area contributed by atoms with Crippen molar-refractivity contribution in [3.8, 4) is 0 Å². The van der Waals surface area contributed by atoms with Crippen LogP contribution in [-0.4, -0.2) is 35.1 Å². The maximum absolute atomic E-state index is 4.39. The van der Waals surface area contributed by atoms with Crippen molar-refractivity contribution in [2.45, 2.75) is 64.6 Å². The van der Waals surface area contributed by atoms with Gasteiger partial charge in [-0.3, -0.25) is 4.90 Å². The number of rotatable bonds is 3. The smallest absolute Gasteiger partial charge is 0.0798 e. The highest BCUT2D eigenvalue weighted by atomic mass is 32.1. The summed E-state index contributed by atoms with van der Waals surface area (Å²) in [5.74, 6) is 0.904. The van der Waals surface area contributed by atoms with Crippen LogP contribution in [0.15, 0.2) is 5.51 Å². The van der Waals surface area contributed by atoms with E-state index in [1.165, 1.54) is 49.2 Å². The van der Waals surface area contributed by atoms with Crippen molar-refractivity contribution in [1.82, 2.24) is 15.2 Å². The van der Waals surface area contributed by atoms with Gasteiger partial charge in [0.25, 0.3) is 0 Å². The Morgan fingerprint density at radius 3 is 2.85 bits per heavy atom. The van der Waals surface area contributed by atoms with Crippen molar-refractivity contribution < 1.29 is 0 Å². The first-order valence-corrected chi connectivity index (χ1v) is 8.98. The molecule has 2 heterocycles. The van der Waals surface area contributed by atoms with Crippen LogP contribution in [0, 0.1) is 12.8 Å². The molecule has 0 aromatic carbocycles. The van der Waals surface area contributed by atoms with Crippen LogP contribution in [0.1, 0.15) is 49.6 Å². The first-order valence-electron chi connectivity index (χ1n) is 8.10. The summed E-state index contributed by atoms with van der Waals surface area (Å²) in [7, 11) is 0. The standard InChI is InChI=1S/C16H27N3S/c1-12-8-17-15(14-6-4-3-5-7-14)9-19(12)10-16-13(2)18-11-20-16/h11-12,14-15,17H,3-10H2,1-2H3. The lowest BCUT2D eigenvalue weighted by atomic mass is 9.82. The van der Waals surface area contributed by atoms with E-state index in [0.29, 0.717) is 12.1 Å². The summed E-state index contributed by atoms with van der Waals surface area (Å²) in [5.41, 5.74) is 3.20. The molecule has 2 aliphatic rings. The Hall–Kier alpha value is -0.450. The molecule has 20 heavy (non-hydrogen) atoms. The first-order chi connectivity index (χ1) is 9.74. The molecule has 1 N–H and O–H groups in total. The molecule has 1 saturated heterocycles. The van der Waals surface area contributed by atoms with E-state index >= 15 is 0 Å². The number of piperazine rings is 1. The minimum absolute atomic E-state index is 0.636. The molecule has 1 aliphatic heterocycles. The molecule has 0 spiro atoms. The quantitative estimate of drug-likeness (QED) is 0.927. The van der Waals surface area contributed by atoms with Crippen molar-refractivity contribution in [2.75, 3.05) is 13.1 Å². The molecule has 1 aromatic rings. The molecule has 0 bridgehead atoms. The highest BCUT2D eigenvalue weighted by Crippen LogP contribution is 2.29. The number of nitrogens with zero attached hydrogens (tertiary/aromatic N) is 2. The third-order valence-corrected chi connectivity index (χ3v) is 6.06. The number of aromatic nitrogens is 1. The highest BCUT2D eigenvalue weighted by Gasteiger charge is 2.31. The second-order valence-electron chi connectivity index (χ2n) is 6.55. The van der Waals surface area contributed by atoms with Crippen molar-refractivity contribution in [3.05, 3.63) is 16.1 Å². The van der Waals surface area contributed by atoms with Gasteiger partial charge in [-0.2, -0.15) is 0 Å². The minimum Gasteiger partial charge on any atom is -0.311 e. The molecule has 2 fully saturated rings. The van der Waals surface area contributed by atoms with Gasteiger partial charge in [-0.25, -0.2) is 4.98 Å². The van der Waals surface area contributed by atoms with Gasteiger partial charge in [-0.05, 0) is 32.6 Å². The zero-order chi connectivity index (χ0) is 13.9. The van der Waals surface area contributed by atoms with E-state index in [1.807, 2.05) is 16.8 Å². The van der Waals surface area contributed by atoms with Crippen LogP contribution in [0.2, 0.25) is 0 Å². The van der Waals surface area contributed by atoms with Crippen molar-refractivity contribution in [2.24, 2.45) is 5.92 Å². The van der Waals surface area contributed by atoms with E-state index in [-0.39, 0.29) is 0 Å². The summed E-state index contributed by atoms with van der Waals surface area (Å²) < 4.78 is 0. The molecule has 1 saturated carbocycles. The number of hydrogen-bond donors (Lipinski definition) is 1.